The molecule has 21 heavy (non-hydrogen) atoms. The van der Waals surface area contributed by atoms with E-state index in [0.29, 0.717) is 23.5 Å². The van der Waals surface area contributed by atoms with Gasteiger partial charge in [0.25, 0.3) is 5.56 Å². The molecule has 0 aliphatic carbocycles. The van der Waals surface area contributed by atoms with E-state index in [2.05, 4.69) is 26.3 Å². The molecule has 1 aliphatic heterocycles. The summed E-state index contributed by atoms with van der Waals surface area (Å²) in [5.74, 6) is 0. The van der Waals surface area contributed by atoms with Crippen molar-refractivity contribution in [2.45, 2.75) is 38.1 Å². The lowest BCUT2D eigenvalue weighted by atomic mass is 10.0. The normalized spacial score (nSPS) is 22.5. The van der Waals surface area contributed by atoms with Crippen LogP contribution in [0, 0.1) is 0 Å². The highest BCUT2D eigenvalue weighted by Crippen LogP contribution is 2.26. The smallest absolute Gasteiger partial charge is 0.380 e. The van der Waals surface area contributed by atoms with Crippen molar-refractivity contribution in [1.29, 1.82) is 0 Å². The molecular formula is C12H15BrF3N3O2. The number of nitrogens with one attached hydrogen (secondary N) is 1. The highest BCUT2D eigenvalue weighted by Gasteiger charge is 2.31. The number of alkyl halides is 3. The lowest BCUT2D eigenvalue weighted by Crippen LogP contribution is -2.34. The third-order valence-electron chi connectivity index (χ3n) is 3.27. The Morgan fingerprint density at radius 2 is 2.29 bits per heavy atom. The maximum Gasteiger partial charge on any atom is 0.408 e. The molecule has 1 atom stereocenters. The zero-order chi connectivity index (χ0) is 15.7. The molecule has 0 aromatic carbocycles. The van der Waals surface area contributed by atoms with Crippen LogP contribution in [-0.2, 0) is 11.3 Å². The molecule has 0 amide bonds. The number of hydrogen-bond acceptors (Lipinski definition) is 4. The number of anilines is 1. The molecule has 0 radical (unpaired) electrons. The lowest BCUT2D eigenvalue weighted by Gasteiger charge is -2.24. The fourth-order valence-corrected chi connectivity index (χ4v) is 2.58. The lowest BCUT2D eigenvalue weighted by molar-refractivity contribution is -0.143. The first-order valence-corrected chi connectivity index (χ1v) is 7.20. The van der Waals surface area contributed by atoms with Crippen LogP contribution in [-0.4, -0.2) is 34.7 Å². The van der Waals surface area contributed by atoms with Gasteiger partial charge in [0.05, 0.1) is 17.5 Å². The van der Waals surface area contributed by atoms with Crippen LogP contribution >= 0.6 is 15.9 Å². The van der Waals surface area contributed by atoms with Gasteiger partial charge in [-0.3, -0.25) is 4.79 Å². The zero-order valence-electron chi connectivity index (χ0n) is 11.3. The average molecular weight is 370 g/mol. The van der Waals surface area contributed by atoms with Gasteiger partial charge in [-0.15, -0.1) is 0 Å². The van der Waals surface area contributed by atoms with Crippen molar-refractivity contribution in [2.24, 2.45) is 0 Å². The van der Waals surface area contributed by atoms with Crippen LogP contribution in [0.1, 0.15) is 19.8 Å². The molecule has 1 fully saturated rings. The molecule has 2 rings (SSSR count). The predicted octanol–water partition coefficient (Wildman–Crippen LogP) is 2.55. The molecule has 0 spiro atoms. The van der Waals surface area contributed by atoms with Gasteiger partial charge in [-0.2, -0.15) is 18.3 Å². The van der Waals surface area contributed by atoms with Crippen LogP contribution in [0.3, 0.4) is 0 Å². The van der Waals surface area contributed by atoms with Crippen molar-refractivity contribution in [3.63, 3.8) is 0 Å². The second-order valence-corrected chi connectivity index (χ2v) is 6.00. The van der Waals surface area contributed by atoms with E-state index in [9.17, 15) is 18.0 Å². The molecule has 0 saturated carbocycles. The summed E-state index contributed by atoms with van der Waals surface area (Å²) in [5.41, 5.74) is -0.801. The highest BCUT2D eigenvalue weighted by molar-refractivity contribution is 9.10. The molecule has 1 saturated heterocycles. The van der Waals surface area contributed by atoms with E-state index in [1.165, 1.54) is 6.20 Å². The van der Waals surface area contributed by atoms with Crippen LogP contribution in [0.5, 0.6) is 0 Å². The minimum absolute atomic E-state index is 0.0309. The molecule has 1 N–H and O–H groups in total. The number of rotatable bonds is 4. The van der Waals surface area contributed by atoms with Crippen LogP contribution in [0.2, 0.25) is 0 Å². The SMILES string of the molecule is CC1(CNc2cnn(CC(F)(F)F)c(=O)c2Br)CCCO1. The van der Waals surface area contributed by atoms with Gasteiger partial charge < -0.3 is 10.1 Å². The minimum atomic E-state index is -4.49. The van der Waals surface area contributed by atoms with E-state index in [4.69, 9.17) is 4.74 Å². The Morgan fingerprint density at radius 3 is 2.86 bits per heavy atom. The summed E-state index contributed by atoms with van der Waals surface area (Å²) in [6.07, 6.45) is -1.44. The standard InChI is InChI=1S/C12H15BrF3N3O2/c1-11(3-2-4-21-11)6-17-8-5-18-19(7-12(14,15)16)10(20)9(8)13/h5,17H,2-4,6-7H2,1H3. The van der Waals surface area contributed by atoms with E-state index < -0.39 is 18.3 Å². The van der Waals surface area contributed by atoms with Crippen molar-refractivity contribution in [3.8, 4) is 0 Å². The molecule has 1 aliphatic rings. The summed E-state index contributed by atoms with van der Waals surface area (Å²) < 4.78 is 42.9. The minimum Gasteiger partial charge on any atom is -0.380 e. The van der Waals surface area contributed by atoms with Crippen molar-refractivity contribution >= 4 is 21.6 Å². The van der Waals surface area contributed by atoms with Crippen molar-refractivity contribution < 1.29 is 17.9 Å². The number of ether oxygens (including phenoxy) is 1. The first-order valence-electron chi connectivity index (χ1n) is 6.40. The third-order valence-corrected chi connectivity index (χ3v) is 4.03. The Balaban J connectivity index is 2.11. The first-order chi connectivity index (χ1) is 9.70. The summed E-state index contributed by atoms with van der Waals surface area (Å²) in [5, 5.41) is 6.54. The highest BCUT2D eigenvalue weighted by atomic mass is 79.9. The van der Waals surface area contributed by atoms with Gasteiger partial charge in [-0.05, 0) is 35.7 Å². The molecule has 5 nitrogen and oxygen atoms in total. The summed E-state index contributed by atoms with van der Waals surface area (Å²) >= 11 is 3.02. The zero-order valence-corrected chi connectivity index (χ0v) is 12.9. The Bertz CT molecular complexity index is 568. The maximum absolute atomic E-state index is 12.3. The van der Waals surface area contributed by atoms with E-state index in [1.807, 2.05) is 6.92 Å². The van der Waals surface area contributed by atoms with Gasteiger partial charge in [-0.1, -0.05) is 0 Å². The Labute approximate surface area is 127 Å². The number of hydrogen-bond donors (Lipinski definition) is 1. The van der Waals surface area contributed by atoms with Gasteiger partial charge in [-0.25, -0.2) is 4.68 Å². The van der Waals surface area contributed by atoms with Gasteiger partial charge in [0.1, 0.15) is 11.0 Å². The van der Waals surface area contributed by atoms with E-state index in [1.54, 1.807) is 0 Å². The first kappa shape index (κ1) is 16.3. The summed E-state index contributed by atoms with van der Waals surface area (Å²) in [7, 11) is 0. The van der Waals surface area contributed by atoms with Crippen LogP contribution < -0.4 is 10.9 Å². The van der Waals surface area contributed by atoms with E-state index in [-0.39, 0.29) is 10.1 Å². The molecule has 2 heterocycles. The van der Waals surface area contributed by atoms with E-state index in [0.717, 1.165) is 12.8 Å². The fraction of sp³-hybridized carbons (Fsp3) is 0.667. The number of aromatic nitrogens is 2. The van der Waals surface area contributed by atoms with Gasteiger partial charge in [0.2, 0.25) is 0 Å². The molecule has 1 aromatic heterocycles. The van der Waals surface area contributed by atoms with Crippen LogP contribution in [0.25, 0.3) is 0 Å². The van der Waals surface area contributed by atoms with Gasteiger partial charge >= 0.3 is 6.18 Å². The topological polar surface area (TPSA) is 56.2 Å². The van der Waals surface area contributed by atoms with E-state index >= 15 is 0 Å². The number of nitrogens with zero attached hydrogens (tertiary/aromatic N) is 2. The number of halogens is 4. The quantitative estimate of drug-likeness (QED) is 0.885. The van der Waals surface area contributed by atoms with Gasteiger partial charge in [0.15, 0.2) is 0 Å². The van der Waals surface area contributed by atoms with Crippen molar-refractivity contribution in [3.05, 3.63) is 21.0 Å². The Kier molecular flexibility index (Phi) is 4.62. The molecule has 9 heteroatoms. The van der Waals surface area contributed by atoms with Crippen LogP contribution in [0.15, 0.2) is 15.5 Å². The summed E-state index contributed by atoms with van der Waals surface area (Å²) in [4.78, 5) is 11.8. The summed E-state index contributed by atoms with van der Waals surface area (Å²) in [6, 6.07) is 0. The molecule has 1 unspecified atom stereocenters. The fourth-order valence-electron chi connectivity index (χ4n) is 2.13. The van der Waals surface area contributed by atoms with Crippen molar-refractivity contribution in [2.75, 3.05) is 18.5 Å². The predicted molar refractivity (Wildman–Crippen MR) is 74.3 cm³/mol. The Morgan fingerprint density at radius 1 is 1.57 bits per heavy atom. The molecule has 1 aromatic rings. The van der Waals surface area contributed by atoms with Crippen molar-refractivity contribution in [1.82, 2.24) is 9.78 Å². The van der Waals surface area contributed by atoms with Crippen LogP contribution in [0.4, 0.5) is 18.9 Å². The molecule has 118 valence electrons. The van der Waals surface area contributed by atoms with Gasteiger partial charge in [0, 0.05) is 13.2 Å². The largest absolute Gasteiger partial charge is 0.408 e. The second-order valence-electron chi connectivity index (χ2n) is 5.21. The second kappa shape index (κ2) is 5.96. The third kappa shape index (κ3) is 4.19. The molecular weight excluding hydrogens is 355 g/mol. The Hall–Kier alpha value is -1.09. The monoisotopic (exact) mass is 369 g/mol. The molecule has 0 bridgehead atoms. The maximum atomic E-state index is 12.3. The average Bonchev–Trinajstić information content (AvgIpc) is 2.80. The summed E-state index contributed by atoms with van der Waals surface area (Å²) in [6.45, 7) is 1.67.